The lowest BCUT2D eigenvalue weighted by Crippen LogP contribution is -2.40. The highest BCUT2D eigenvalue weighted by Gasteiger charge is 2.47. The standard InChI is InChI=1S/C34H48O12/c1-3-5-7-9-11-13-20-15-22(36)17-26(45-34-30(40)29(39)31(46-34)25(38)19-35)28(20)33(43)44-23-16-21(14-12-10-8-6-4-2)27(32(41)42)24(37)18-23/h15-18,25,29-31,34-40H,3-14,19H2,1-2H3,(H,41,42)/t25-,29+,30-,31+,34-/m1/s1. The molecule has 1 fully saturated rings. The number of carboxylic acids is 1. The van der Waals surface area contributed by atoms with Crippen molar-refractivity contribution >= 4 is 11.9 Å². The summed E-state index contributed by atoms with van der Waals surface area (Å²) in [4.78, 5) is 25.7. The molecule has 256 valence electrons. The predicted octanol–water partition coefficient (Wildman–Crippen LogP) is 4.22. The number of unbranched alkanes of at least 4 members (excludes halogenated alkanes) is 8. The number of esters is 1. The van der Waals surface area contributed by atoms with Crippen LogP contribution in [0.2, 0.25) is 0 Å². The van der Waals surface area contributed by atoms with Gasteiger partial charge in [0.2, 0.25) is 6.29 Å². The number of carbonyl (C=O) groups is 2. The van der Waals surface area contributed by atoms with E-state index in [-0.39, 0.29) is 28.4 Å². The van der Waals surface area contributed by atoms with Crippen LogP contribution in [0.15, 0.2) is 24.3 Å². The van der Waals surface area contributed by atoms with Crippen molar-refractivity contribution in [3.05, 3.63) is 46.5 Å². The molecule has 0 amide bonds. The molecule has 46 heavy (non-hydrogen) atoms. The van der Waals surface area contributed by atoms with Gasteiger partial charge in [-0.05, 0) is 48.9 Å². The van der Waals surface area contributed by atoms with Gasteiger partial charge in [-0.25, -0.2) is 9.59 Å². The van der Waals surface area contributed by atoms with Crippen molar-refractivity contribution in [1.29, 1.82) is 0 Å². The van der Waals surface area contributed by atoms with Crippen LogP contribution in [0.4, 0.5) is 0 Å². The molecule has 2 aromatic rings. The second kappa shape index (κ2) is 18.1. The molecule has 5 atom stereocenters. The van der Waals surface area contributed by atoms with E-state index in [2.05, 4.69) is 13.8 Å². The second-order valence-electron chi connectivity index (χ2n) is 11.8. The van der Waals surface area contributed by atoms with Gasteiger partial charge in [0.15, 0.2) is 0 Å². The predicted molar refractivity (Wildman–Crippen MR) is 167 cm³/mol. The maximum atomic E-state index is 13.8. The first-order valence-electron chi connectivity index (χ1n) is 16.2. The van der Waals surface area contributed by atoms with Crippen LogP contribution in [-0.4, -0.2) is 85.0 Å². The number of phenolic OH excluding ortho intramolecular Hbond substituents is 1. The molecule has 12 nitrogen and oxygen atoms in total. The fourth-order valence-corrected chi connectivity index (χ4v) is 5.65. The van der Waals surface area contributed by atoms with Crippen molar-refractivity contribution in [3.8, 4) is 23.0 Å². The molecule has 3 rings (SSSR count). The van der Waals surface area contributed by atoms with E-state index < -0.39 is 55.0 Å². The van der Waals surface area contributed by atoms with E-state index in [0.717, 1.165) is 63.5 Å². The Labute approximate surface area is 269 Å². The Kier molecular flexibility index (Phi) is 14.5. The van der Waals surface area contributed by atoms with E-state index in [9.17, 15) is 45.3 Å². The van der Waals surface area contributed by atoms with Crippen LogP contribution in [0.25, 0.3) is 0 Å². The minimum absolute atomic E-state index is 0.0947. The average molecular weight is 649 g/mol. The number of aryl methyl sites for hydroxylation is 2. The Morgan fingerprint density at radius 2 is 1.41 bits per heavy atom. The summed E-state index contributed by atoms with van der Waals surface area (Å²) in [6.45, 7) is 3.43. The topological polar surface area (TPSA) is 203 Å². The minimum Gasteiger partial charge on any atom is -0.508 e. The van der Waals surface area contributed by atoms with E-state index >= 15 is 0 Å². The quantitative estimate of drug-likeness (QED) is 0.0650. The molecule has 7 N–H and O–H groups in total. The lowest BCUT2D eigenvalue weighted by Gasteiger charge is -2.21. The van der Waals surface area contributed by atoms with Gasteiger partial charge in [-0.1, -0.05) is 65.2 Å². The third-order valence-electron chi connectivity index (χ3n) is 8.14. The van der Waals surface area contributed by atoms with Crippen LogP contribution < -0.4 is 9.47 Å². The number of aliphatic hydroxyl groups is 4. The number of rotatable bonds is 19. The van der Waals surface area contributed by atoms with E-state index in [4.69, 9.17) is 14.2 Å². The molecule has 0 aliphatic carbocycles. The number of ether oxygens (including phenoxy) is 3. The summed E-state index contributed by atoms with van der Waals surface area (Å²) in [5.74, 6) is -3.36. The van der Waals surface area contributed by atoms with Crippen LogP contribution in [0.5, 0.6) is 23.0 Å². The van der Waals surface area contributed by atoms with E-state index in [1.807, 2.05) is 0 Å². The summed E-state index contributed by atoms with van der Waals surface area (Å²) < 4.78 is 17.0. The number of benzene rings is 2. The highest BCUT2D eigenvalue weighted by Crippen LogP contribution is 2.36. The third-order valence-corrected chi connectivity index (χ3v) is 8.14. The zero-order chi connectivity index (χ0) is 33.8. The molecular weight excluding hydrogens is 600 g/mol. The van der Waals surface area contributed by atoms with Gasteiger partial charge >= 0.3 is 11.9 Å². The normalized spacial score (nSPS) is 20.0. The molecule has 0 saturated carbocycles. The summed E-state index contributed by atoms with van der Waals surface area (Å²) in [5, 5.41) is 71.1. The number of aromatic hydroxyl groups is 2. The molecular formula is C34H48O12. The summed E-state index contributed by atoms with van der Waals surface area (Å²) in [6, 6.07) is 4.99. The van der Waals surface area contributed by atoms with Gasteiger partial charge in [-0.15, -0.1) is 0 Å². The van der Waals surface area contributed by atoms with Gasteiger partial charge in [0.25, 0.3) is 0 Å². The maximum absolute atomic E-state index is 13.8. The first-order chi connectivity index (χ1) is 22.0. The number of aromatic carboxylic acids is 1. The molecule has 1 aliphatic rings. The molecule has 0 aromatic heterocycles. The van der Waals surface area contributed by atoms with Gasteiger partial charge in [-0.3, -0.25) is 0 Å². The van der Waals surface area contributed by atoms with E-state index in [1.54, 1.807) is 0 Å². The van der Waals surface area contributed by atoms with E-state index in [1.165, 1.54) is 12.1 Å². The molecule has 1 heterocycles. The zero-order valence-corrected chi connectivity index (χ0v) is 26.6. The average Bonchev–Trinajstić information content (AvgIpc) is 3.28. The molecule has 0 bridgehead atoms. The Balaban J connectivity index is 1.96. The Hall–Kier alpha value is -3.42. The van der Waals surface area contributed by atoms with Crippen LogP contribution >= 0.6 is 0 Å². The first kappa shape index (κ1) is 37.0. The SMILES string of the molecule is CCCCCCCc1cc(OC(=O)c2c(CCCCCCC)cc(O)cc2O[C@@H]2O[C@@H]([C@H](O)CO)[C@@H](O)[C@H]2O)cc(O)c1C(=O)O. The van der Waals surface area contributed by atoms with Gasteiger partial charge < -0.3 is 50.0 Å². The van der Waals surface area contributed by atoms with Crippen molar-refractivity contribution in [2.24, 2.45) is 0 Å². The fraction of sp³-hybridized carbons (Fsp3) is 0.588. The molecule has 1 aliphatic heterocycles. The smallest absolute Gasteiger partial charge is 0.347 e. The largest absolute Gasteiger partial charge is 0.508 e. The van der Waals surface area contributed by atoms with Crippen molar-refractivity contribution < 1.29 is 59.5 Å². The maximum Gasteiger partial charge on any atom is 0.347 e. The number of hydrogen-bond acceptors (Lipinski definition) is 11. The van der Waals surface area contributed by atoms with E-state index in [0.29, 0.717) is 36.8 Å². The van der Waals surface area contributed by atoms with Crippen LogP contribution in [0, 0.1) is 0 Å². The van der Waals surface area contributed by atoms with Gasteiger partial charge in [0.05, 0.1) is 6.61 Å². The lowest BCUT2D eigenvalue weighted by atomic mass is 9.98. The highest BCUT2D eigenvalue weighted by atomic mass is 16.7. The number of carboxylic acid groups (broad SMARTS) is 1. The summed E-state index contributed by atoms with van der Waals surface area (Å²) in [6.07, 6.45) is 2.16. The summed E-state index contributed by atoms with van der Waals surface area (Å²) >= 11 is 0. The number of hydrogen-bond donors (Lipinski definition) is 7. The van der Waals surface area contributed by atoms with Crippen molar-refractivity contribution in [1.82, 2.24) is 0 Å². The van der Waals surface area contributed by atoms with Gasteiger partial charge in [-0.2, -0.15) is 0 Å². The minimum atomic E-state index is -1.67. The summed E-state index contributed by atoms with van der Waals surface area (Å²) in [7, 11) is 0. The van der Waals surface area contributed by atoms with Crippen LogP contribution in [0.1, 0.15) is 110 Å². The lowest BCUT2D eigenvalue weighted by molar-refractivity contribution is -0.137. The number of carbonyl (C=O) groups excluding carboxylic acids is 1. The van der Waals surface area contributed by atoms with Crippen LogP contribution in [0.3, 0.4) is 0 Å². The highest BCUT2D eigenvalue weighted by molar-refractivity contribution is 5.97. The monoisotopic (exact) mass is 648 g/mol. The third kappa shape index (κ3) is 9.79. The Morgan fingerprint density at radius 3 is 1.98 bits per heavy atom. The Bertz CT molecular complexity index is 1300. The molecule has 0 unspecified atom stereocenters. The molecule has 1 saturated heterocycles. The molecule has 0 spiro atoms. The summed E-state index contributed by atoms with van der Waals surface area (Å²) in [5.41, 5.74) is 0.323. The van der Waals surface area contributed by atoms with Crippen molar-refractivity contribution in [2.45, 2.75) is 122 Å². The zero-order valence-electron chi connectivity index (χ0n) is 26.6. The molecule has 0 radical (unpaired) electrons. The number of phenols is 2. The molecule has 12 heteroatoms. The van der Waals surface area contributed by atoms with Gasteiger partial charge in [0.1, 0.15) is 58.5 Å². The fourth-order valence-electron chi connectivity index (χ4n) is 5.65. The van der Waals surface area contributed by atoms with Crippen molar-refractivity contribution in [3.63, 3.8) is 0 Å². The second-order valence-corrected chi connectivity index (χ2v) is 11.8. The number of aliphatic hydroxyl groups excluding tert-OH is 4. The molecule has 2 aromatic carbocycles. The van der Waals surface area contributed by atoms with Gasteiger partial charge in [0, 0.05) is 12.1 Å². The Morgan fingerprint density at radius 1 is 0.826 bits per heavy atom. The first-order valence-corrected chi connectivity index (χ1v) is 16.2. The van der Waals surface area contributed by atoms with Crippen molar-refractivity contribution in [2.75, 3.05) is 6.61 Å². The van der Waals surface area contributed by atoms with Crippen LogP contribution in [-0.2, 0) is 17.6 Å².